The van der Waals surface area contributed by atoms with Crippen LogP contribution in [0.3, 0.4) is 0 Å². The molecule has 102 valence electrons. The number of nitrogens with zero attached hydrogens (tertiary/aromatic N) is 1. The highest BCUT2D eigenvalue weighted by molar-refractivity contribution is 9.10. The Labute approximate surface area is 128 Å². The molecular weight excluding hydrogens is 340 g/mol. The molecule has 2 heterocycles. The van der Waals surface area contributed by atoms with Crippen LogP contribution in [0.4, 0.5) is 5.69 Å². The van der Waals surface area contributed by atoms with Crippen LogP contribution in [0.15, 0.2) is 34.1 Å². The summed E-state index contributed by atoms with van der Waals surface area (Å²) in [7, 11) is 1.50. The van der Waals surface area contributed by atoms with Crippen LogP contribution in [-0.2, 0) is 6.54 Å². The number of amides is 2. The number of imide groups is 1. The summed E-state index contributed by atoms with van der Waals surface area (Å²) in [6, 6.07) is 7.31. The van der Waals surface area contributed by atoms with Crippen molar-refractivity contribution in [1.29, 1.82) is 0 Å². The molecule has 2 amide bonds. The van der Waals surface area contributed by atoms with Crippen LogP contribution in [0.2, 0.25) is 0 Å². The average Bonchev–Trinajstić information content (AvgIpc) is 2.95. The van der Waals surface area contributed by atoms with Gasteiger partial charge in [0.25, 0.3) is 11.8 Å². The van der Waals surface area contributed by atoms with Gasteiger partial charge in [-0.2, -0.15) is 0 Å². The first-order valence-electron chi connectivity index (χ1n) is 5.99. The topological polar surface area (TPSA) is 49.4 Å². The summed E-state index contributed by atoms with van der Waals surface area (Å²) in [5, 5.41) is 5.29. The van der Waals surface area contributed by atoms with E-state index < -0.39 is 0 Å². The Balaban J connectivity index is 1.80. The number of carbonyl (C=O) groups is 2. The van der Waals surface area contributed by atoms with Crippen molar-refractivity contribution in [2.75, 3.05) is 12.4 Å². The Morgan fingerprint density at radius 1 is 1.20 bits per heavy atom. The number of halogens is 1. The second-order valence-corrected chi connectivity index (χ2v) is 6.43. The highest BCUT2D eigenvalue weighted by Gasteiger charge is 2.32. The van der Waals surface area contributed by atoms with Crippen molar-refractivity contribution in [2.24, 2.45) is 0 Å². The number of hydrogen-bond donors (Lipinski definition) is 1. The van der Waals surface area contributed by atoms with Crippen molar-refractivity contribution in [3.8, 4) is 0 Å². The first kappa shape index (κ1) is 13.3. The van der Waals surface area contributed by atoms with Crippen LogP contribution in [0, 0.1) is 0 Å². The molecule has 0 aliphatic carbocycles. The molecule has 0 atom stereocenters. The first-order chi connectivity index (χ1) is 9.56. The smallest absolute Gasteiger partial charge is 0.261 e. The minimum absolute atomic E-state index is 0.237. The number of rotatable bonds is 3. The lowest BCUT2D eigenvalue weighted by atomic mass is 10.1. The van der Waals surface area contributed by atoms with Gasteiger partial charge >= 0.3 is 0 Å². The zero-order chi connectivity index (χ0) is 14.3. The van der Waals surface area contributed by atoms with Crippen LogP contribution in [0.5, 0.6) is 0 Å². The van der Waals surface area contributed by atoms with Gasteiger partial charge in [0.2, 0.25) is 0 Å². The van der Waals surface area contributed by atoms with Gasteiger partial charge in [-0.1, -0.05) is 0 Å². The van der Waals surface area contributed by atoms with Crippen molar-refractivity contribution in [3.63, 3.8) is 0 Å². The maximum absolute atomic E-state index is 11.9. The molecule has 1 N–H and O–H groups in total. The molecule has 3 rings (SSSR count). The third kappa shape index (κ3) is 2.25. The summed E-state index contributed by atoms with van der Waals surface area (Å²) in [4.78, 5) is 26.0. The maximum atomic E-state index is 11.9. The predicted octanol–water partition coefficient (Wildman–Crippen LogP) is 3.35. The normalized spacial score (nSPS) is 13.8. The molecule has 1 aliphatic rings. The zero-order valence-corrected chi connectivity index (χ0v) is 13.0. The highest BCUT2D eigenvalue weighted by Crippen LogP contribution is 2.26. The van der Waals surface area contributed by atoms with Gasteiger partial charge in [0.05, 0.1) is 11.1 Å². The van der Waals surface area contributed by atoms with E-state index in [1.165, 1.54) is 11.9 Å². The number of fused-ring (bicyclic) bond motifs is 1. The fourth-order valence-corrected chi connectivity index (χ4v) is 3.50. The second-order valence-electron chi connectivity index (χ2n) is 4.51. The molecule has 0 fully saturated rings. The number of nitrogens with one attached hydrogen (secondary N) is 1. The fraction of sp³-hybridized carbons (Fsp3) is 0.143. The van der Waals surface area contributed by atoms with Crippen LogP contribution in [0.1, 0.15) is 25.6 Å². The van der Waals surface area contributed by atoms with Gasteiger partial charge in [-0.15, -0.1) is 11.3 Å². The minimum atomic E-state index is -0.243. The van der Waals surface area contributed by atoms with Crippen molar-refractivity contribution in [3.05, 3.63) is 50.1 Å². The third-order valence-corrected chi connectivity index (χ3v) is 4.88. The molecule has 0 saturated heterocycles. The van der Waals surface area contributed by atoms with E-state index in [2.05, 4.69) is 21.2 Å². The monoisotopic (exact) mass is 350 g/mol. The van der Waals surface area contributed by atoms with Crippen molar-refractivity contribution in [2.45, 2.75) is 6.54 Å². The zero-order valence-electron chi connectivity index (χ0n) is 10.6. The number of benzene rings is 1. The van der Waals surface area contributed by atoms with Crippen molar-refractivity contribution in [1.82, 2.24) is 4.90 Å². The van der Waals surface area contributed by atoms with Crippen LogP contribution in [-0.4, -0.2) is 23.8 Å². The molecule has 20 heavy (non-hydrogen) atoms. The third-order valence-electron chi connectivity index (χ3n) is 3.18. The Kier molecular flexibility index (Phi) is 3.35. The van der Waals surface area contributed by atoms with Gasteiger partial charge in [0, 0.05) is 34.0 Å². The van der Waals surface area contributed by atoms with Crippen molar-refractivity contribution >= 4 is 44.8 Å². The Hall–Kier alpha value is -1.66. The molecule has 1 aromatic carbocycles. The van der Waals surface area contributed by atoms with E-state index in [1.807, 2.05) is 17.5 Å². The van der Waals surface area contributed by atoms with Crippen molar-refractivity contribution < 1.29 is 9.59 Å². The number of hydrogen-bond acceptors (Lipinski definition) is 4. The lowest BCUT2D eigenvalue weighted by molar-refractivity contribution is 0.0693. The Morgan fingerprint density at radius 3 is 2.65 bits per heavy atom. The van der Waals surface area contributed by atoms with Gasteiger partial charge in [0.1, 0.15) is 0 Å². The van der Waals surface area contributed by atoms with Gasteiger partial charge < -0.3 is 5.32 Å². The van der Waals surface area contributed by atoms with Gasteiger partial charge in [-0.3, -0.25) is 14.5 Å². The van der Waals surface area contributed by atoms with Crippen LogP contribution < -0.4 is 5.32 Å². The summed E-state index contributed by atoms with van der Waals surface area (Å²) < 4.78 is 1.07. The first-order valence-corrected chi connectivity index (χ1v) is 7.67. The maximum Gasteiger partial charge on any atom is 0.261 e. The van der Waals surface area contributed by atoms with Gasteiger partial charge in [-0.25, -0.2) is 0 Å². The summed E-state index contributed by atoms with van der Waals surface area (Å²) in [5.41, 5.74) is 1.78. The van der Waals surface area contributed by atoms with Gasteiger partial charge in [0.15, 0.2) is 0 Å². The molecule has 0 radical (unpaired) electrons. The summed E-state index contributed by atoms with van der Waals surface area (Å²) in [5.74, 6) is -0.480. The molecule has 6 heteroatoms. The molecule has 0 spiro atoms. The highest BCUT2D eigenvalue weighted by atomic mass is 79.9. The number of anilines is 1. The summed E-state index contributed by atoms with van der Waals surface area (Å²) in [6.07, 6.45) is 0. The SMILES string of the molecule is CN1C(=O)c2ccc(NCc3cc(Br)cs3)cc2C1=O. The largest absolute Gasteiger partial charge is 0.380 e. The van der Waals surface area contributed by atoms with E-state index in [1.54, 1.807) is 23.5 Å². The number of carbonyl (C=O) groups excluding carboxylic acids is 2. The van der Waals surface area contributed by atoms with E-state index in [-0.39, 0.29) is 11.8 Å². The Morgan fingerprint density at radius 2 is 1.95 bits per heavy atom. The molecule has 4 nitrogen and oxygen atoms in total. The lowest BCUT2D eigenvalue weighted by Gasteiger charge is -2.05. The van der Waals surface area contributed by atoms with E-state index in [9.17, 15) is 9.59 Å². The standard InChI is InChI=1S/C14H11BrN2O2S/c1-17-13(18)11-3-2-9(5-12(11)14(17)19)16-6-10-4-8(15)7-20-10/h2-5,7,16H,6H2,1H3. The molecular formula is C14H11BrN2O2S. The molecule has 2 aromatic rings. The lowest BCUT2D eigenvalue weighted by Crippen LogP contribution is -2.24. The molecule has 0 saturated carbocycles. The van der Waals surface area contributed by atoms with Crippen LogP contribution in [0.25, 0.3) is 0 Å². The predicted molar refractivity (Wildman–Crippen MR) is 82.2 cm³/mol. The van der Waals surface area contributed by atoms with Crippen LogP contribution >= 0.6 is 27.3 Å². The number of thiophene rings is 1. The van der Waals surface area contributed by atoms with E-state index in [0.29, 0.717) is 17.7 Å². The molecule has 0 bridgehead atoms. The van der Waals surface area contributed by atoms with Gasteiger partial charge in [-0.05, 0) is 40.2 Å². The van der Waals surface area contributed by atoms with E-state index >= 15 is 0 Å². The Bertz CT molecular complexity index is 711. The second kappa shape index (κ2) is 5.03. The molecule has 1 aliphatic heterocycles. The minimum Gasteiger partial charge on any atom is -0.380 e. The molecule has 1 aromatic heterocycles. The summed E-state index contributed by atoms with van der Waals surface area (Å²) >= 11 is 5.07. The van der Waals surface area contributed by atoms with E-state index in [4.69, 9.17) is 0 Å². The fourth-order valence-electron chi connectivity index (χ4n) is 2.11. The quantitative estimate of drug-likeness (QED) is 0.863. The average molecular weight is 351 g/mol. The molecule has 0 unspecified atom stereocenters. The van der Waals surface area contributed by atoms with E-state index in [0.717, 1.165) is 15.1 Å². The summed E-state index contributed by atoms with van der Waals surface area (Å²) in [6.45, 7) is 0.688.